The average Bonchev–Trinajstić information content (AvgIpc) is 2.38. The van der Waals surface area contributed by atoms with Crippen molar-refractivity contribution in [1.82, 2.24) is 0 Å². The lowest BCUT2D eigenvalue weighted by molar-refractivity contribution is 0.173. The number of aliphatic hydroxyl groups is 1. The fourth-order valence-electron chi connectivity index (χ4n) is 2.22. The average molecular weight is 272 g/mol. The lowest BCUT2D eigenvalue weighted by Gasteiger charge is -2.19. The van der Waals surface area contributed by atoms with Crippen molar-refractivity contribution in [3.63, 3.8) is 0 Å². The summed E-state index contributed by atoms with van der Waals surface area (Å²) >= 11 is 0. The largest absolute Gasteiger partial charge is 0.388 e. The monoisotopic (exact) mass is 272 g/mol. The molecule has 0 bridgehead atoms. The number of aliphatic hydroxyl groups excluding tert-OH is 1. The first-order valence-electron chi connectivity index (χ1n) is 6.90. The Labute approximate surface area is 120 Å². The molecule has 20 heavy (non-hydrogen) atoms. The van der Waals surface area contributed by atoms with Crippen LogP contribution in [0.3, 0.4) is 0 Å². The van der Waals surface area contributed by atoms with Gasteiger partial charge in [0.25, 0.3) is 0 Å². The summed E-state index contributed by atoms with van der Waals surface area (Å²) in [7, 11) is 0. The van der Waals surface area contributed by atoms with Crippen molar-refractivity contribution >= 4 is 0 Å². The first-order valence-corrected chi connectivity index (χ1v) is 6.90. The van der Waals surface area contributed by atoms with E-state index in [2.05, 4.69) is 32.9 Å². The van der Waals surface area contributed by atoms with Gasteiger partial charge in [0, 0.05) is 12.0 Å². The van der Waals surface area contributed by atoms with Crippen LogP contribution in [0, 0.1) is 5.82 Å². The SMILES string of the molecule is CC(C)(C)c1ccc(CC(O)c2ccccc2F)cc1. The molecule has 2 aromatic rings. The van der Waals surface area contributed by atoms with E-state index in [9.17, 15) is 9.50 Å². The molecular weight excluding hydrogens is 251 g/mol. The summed E-state index contributed by atoms with van der Waals surface area (Å²) < 4.78 is 13.6. The van der Waals surface area contributed by atoms with Crippen LogP contribution >= 0.6 is 0 Å². The van der Waals surface area contributed by atoms with Crippen molar-refractivity contribution in [2.75, 3.05) is 0 Å². The minimum absolute atomic E-state index is 0.114. The van der Waals surface area contributed by atoms with Gasteiger partial charge < -0.3 is 5.11 Å². The predicted octanol–water partition coefficient (Wildman–Crippen LogP) is 4.40. The second-order valence-electron chi connectivity index (χ2n) is 6.19. The van der Waals surface area contributed by atoms with Gasteiger partial charge >= 0.3 is 0 Å². The Balaban J connectivity index is 2.13. The van der Waals surface area contributed by atoms with Crippen LogP contribution in [0.5, 0.6) is 0 Å². The second kappa shape index (κ2) is 5.76. The molecule has 1 nitrogen and oxygen atoms in total. The molecule has 0 aliphatic carbocycles. The van der Waals surface area contributed by atoms with Gasteiger partial charge in [0.1, 0.15) is 5.82 Å². The summed E-state index contributed by atoms with van der Waals surface area (Å²) in [6.45, 7) is 6.49. The van der Waals surface area contributed by atoms with Crippen molar-refractivity contribution in [3.8, 4) is 0 Å². The zero-order chi connectivity index (χ0) is 14.8. The normalized spacial score (nSPS) is 13.2. The van der Waals surface area contributed by atoms with E-state index in [-0.39, 0.29) is 11.2 Å². The van der Waals surface area contributed by atoms with Crippen LogP contribution in [0.15, 0.2) is 48.5 Å². The highest BCUT2D eigenvalue weighted by Crippen LogP contribution is 2.25. The van der Waals surface area contributed by atoms with Crippen LogP contribution in [0.4, 0.5) is 4.39 Å². The van der Waals surface area contributed by atoms with E-state index in [0.29, 0.717) is 12.0 Å². The van der Waals surface area contributed by atoms with Crippen molar-refractivity contribution in [2.45, 2.75) is 38.7 Å². The molecule has 2 rings (SSSR count). The predicted molar refractivity (Wildman–Crippen MR) is 80.2 cm³/mol. The first kappa shape index (κ1) is 14.7. The van der Waals surface area contributed by atoms with Crippen molar-refractivity contribution < 1.29 is 9.50 Å². The molecule has 1 atom stereocenters. The quantitative estimate of drug-likeness (QED) is 0.878. The lowest BCUT2D eigenvalue weighted by Crippen LogP contribution is -2.11. The zero-order valence-corrected chi connectivity index (χ0v) is 12.2. The third-order valence-corrected chi connectivity index (χ3v) is 3.51. The third kappa shape index (κ3) is 3.45. The summed E-state index contributed by atoms with van der Waals surface area (Å²) in [5.74, 6) is -0.355. The van der Waals surface area contributed by atoms with E-state index in [1.165, 1.54) is 11.6 Å². The van der Waals surface area contributed by atoms with Gasteiger partial charge in [-0.15, -0.1) is 0 Å². The molecule has 0 heterocycles. The molecular formula is C18H21FO. The van der Waals surface area contributed by atoms with Crippen molar-refractivity contribution in [3.05, 3.63) is 71.0 Å². The molecule has 106 valence electrons. The molecule has 0 aliphatic rings. The van der Waals surface area contributed by atoms with Crippen LogP contribution in [0.2, 0.25) is 0 Å². The number of rotatable bonds is 3. The molecule has 2 heteroatoms. The molecule has 0 aromatic heterocycles. The number of halogens is 1. The maximum absolute atomic E-state index is 13.6. The number of hydrogen-bond donors (Lipinski definition) is 1. The Hall–Kier alpha value is -1.67. The summed E-state index contributed by atoms with van der Waals surface area (Å²) in [6, 6.07) is 14.5. The smallest absolute Gasteiger partial charge is 0.129 e. The molecule has 0 amide bonds. The van der Waals surface area contributed by atoms with Crippen LogP contribution in [-0.2, 0) is 11.8 Å². The Morgan fingerprint density at radius 1 is 1.00 bits per heavy atom. The maximum atomic E-state index is 13.6. The summed E-state index contributed by atoms with van der Waals surface area (Å²) in [5.41, 5.74) is 2.73. The second-order valence-corrected chi connectivity index (χ2v) is 6.19. The lowest BCUT2D eigenvalue weighted by atomic mass is 9.86. The highest BCUT2D eigenvalue weighted by Gasteiger charge is 2.15. The number of hydrogen-bond acceptors (Lipinski definition) is 1. The third-order valence-electron chi connectivity index (χ3n) is 3.51. The maximum Gasteiger partial charge on any atom is 0.129 e. The molecule has 0 spiro atoms. The molecule has 0 saturated carbocycles. The van der Waals surface area contributed by atoms with E-state index in [0.717, 1.165) is 5.56 Å². The van der Waals surface area contributed by atoms with Gasteiger partial charge in [0.15, 0.2) is 0 Å². The first-order chi connectivity index (χ1) is 9.38. The molecule has 0 radical (unpaired) electrons. The van der Waals surface area contributed by atoms with Gasteiger partial charge in [0.2, 0.25) is 0 Å². The van der Waals surface area contributed by atoms with Crippen LogP contribution in [0.1, 0.15) is 43.6 Å². The van der Waals surface area contributed by atoms with Gasteiger partial charge in [-0.25, -0.2) is 4.39 Å². The van der Waals surface area contributed by atoms with Gasteiger partial charge in [-0.2, -0.15) is 0 Å². The van der Waals surface area contributed by atoms with Crippen LogP contribution in [-0.4, -0.2) is 5.11 Å². The number of benzene rings is 2. The minimum Gasteiger partial charge on any atom is -0.388 e. The van der Waals surface area contributed by atoms with Crippen LogP contribution < -0.4 is 0 Å². The van der Waals surface area contributed by atoms with Crippen molar-refractivity contribution in [1.29, 1.82) is 0 Å². The molecule has 2 aromatic carbocycles. The molecule has 0 saturated heterocycles. The van der Waals surface area contributed by atoms with Gasteiger partial charge in [-0.05, 0) is 22.6 Å². The summed E-state index contributed by atoms with van der Waals surface area (Å²) in [4.78, 5) is 0. The zero-order valence-electron chi connectivity index (χ0n) is 12.2. The summed E-state index contributed by atoms with van der Waals surface area (Å²) in [5, 5.41) is 10.1. The molecule has 1 unspecified atom stereocenters. The van der Waals surface area contributed by atoms with E-state index >= 15 is 0 Å². The standard InChI is InChI=1S/C18H21FO/c1-18(2,3)14-10-8-13(9-11-14)12-17(20)15-6-4-5-7-16(15)19/h4-11,17,20H,12H2,1-3H3. The minimum atomic E-state index is -0.809. The Morgan fingerprint density at radius 2 is 1.60 bits per heavy atom. The Bertz CT molecular complexity index is 567. The summed E-state index contributed by atoms with van der Waals surface area (Å²) in [6.07, 6.45) is -0.387. The fourth-order valence-corrected chi connectivity index (χ4v) is 2.22. The van der Waals surface area contributed by atoms with E-state index < -0.39 is 6.10 Å². The Kier molecular flexibility index (Phi) is 4.24. The van der Waals surface area contributed by atoms with Gasteiger partial charge in [0.05, 0.1) is 6.10 Å². The topological polar surface area (TPSA) is 20.2 Å². The van der Waals surface area contributed by atoms with Gasteiger partial charge in [-0.3, -0.25) is 0 Å². The van der Waals surface area contributed by atoms with Crippen LogP contribution in [0.25, 0.3) is 0 Å². The Morgan fingerprint density at radius 3 is 2.15 bits per heavy atom. The highest BCUT2D eigenvalue weighted by molar-refractivity contribution is 5.29. The van der Waals surface area contributed by atoms with Crippen molar-refractivity contribution in [2.24, 2.45) is 0 Å². The van der Waals surface area contributed by atoms with E-state index in [1.807, 2.05) is 12.1 Å². The van der Waals surface area contributed by atoms with Gasteiger partial charge in [-0.1, -0.05) is 63.2 Å². The molecule has 0 fully saturated rings. The molecule has 0 aliphatic heterocycles. The molecule has 1 N–H and O–H groups in total. The fraction of sp³-hybridized carbons (Fsp3) is 0.333. The van der Waals surface area contributed by atoms with E-state index in [1.54, 1.807) is 18.2 Å². The van der Waals surface area contributed by atoms with E-state index in [4.69, 9.17) is 0 Å². The highest BCUT2D eigenvalue weighted by atomic mass is 19.1.